The fourth-order valence-electron chi connectivity index (χ4n) is 3.53. The van der Waals surface area contributed by atoms with Gasteiger partial charge in [0.05, 0.1) is 6.61 Å². The Morgan fingerprint density at radius 1 is 1.10 bits per heavy atom. The van der Waals surface area contributed by atoms with Gasteiger partial charge in [-0.1, -0.05) is 42.5 Å². The second kappa shape index (κ2) is 4.08. The quantitative estimate of drug-likeness (QED) is 0.833. The molecule has 1 aliphatic carbocycles. The van der Waals surface area contributed by atoms with E-state index in [0.717, 1.165) is 28.9 Å². The van der Waals surface area contributed by atoms with E-state index in [4.69, 9.17) is 10.5 Å². The first-order valence-electron chi connectivity index (χ1n) is 7.03. The molecule has 3 nitrogen and oxygen atoms in total. The summed E-state index contributed by atoms with van der Waals surface area (Å²) >= 11 is 0. The van der Waals surface area contributed by atoms with Crippen molar-refractivity contribution in [3.63, 3.8) is 0 Å². The highest BCUT2D eigenvalue weighted by molar-refractivity contribution is 5.55. The van der Waals surface area contributed by atoms with Gasteiger partial charge in [-0.25, -0.2) is 0 Å². The topological polar surface area (TPSA) is 55.5 Å². The minimum absolute atomic E-state index is 0.131. The molecule has 0 amide bonds. The van der Waals surface area contributed by atoms with Gasteiger partial charge in [-0.15, -0.1) is 0 Å². The van der Waals surface area contributed by atoms with E-state index in [2.05, 4.69) is 6.07 Å². The van der Waals surface area contributed by atoms with E-state index in [1.165, 1.54) is 5.56 Å². The van der Waals surface area contributed by atoms with Gasteiger partial charge < -0.3 is 15.6 Å². The molecule has 1 heterocycles. The van der Waals surface area contributed by atoms with Crippen LogP contribution in [0.4, 0.5) is 0 Å². The number of fused-ring (bicyclic) bond motifs is 2. The van der Waals surface area contributed by atoms with Crippen molar-refractivity contribution in [2.45, 2.75) is 24.5 Å². The largest absolute Gasteiger partial charge is 0.493 e. The number of para-hydroxylation sites is 1. The van der Waals surface area contributed by atoms with Gasteiger partial charge in [-0.3, -0.25) is 0 Å². The number of hydrogen-bond donors (Lipinski definition) is 2. The molecule has 4 rings (SSSR count). The molecule has 3 N–H and O–H groups in total. The zero-order chi connectivity index (χ0) is 13.7. The third-order valence-electron chi connectivity index (χ3n) is 4.48. The van der Waals surface area contributed by atoms with Crippen LogP contribution in [0.2, 0.25) is 0 Å². The first-order valence-corrected chi connectivity index (χ1v) is 7.03. The monoisotopic (exact) mass is 267 g/mol. The minimum Gasteiger partial charge on any atom is -0.493 e. The van der Waals surface area contributed by atoms with Crippen LogP contribution in [0.1, 0.15) is 34.7 Å². The van der Waals surface area contributed by atoms with Crippen molar-refractivity contribution in [2.75, 3.05) is 6.61 Å². The van der Waals surface area contributed by atoms with Crippen molar-refractivity contribution in [1.29, 1.82) is 0 Å². The van der Waals surface area contributed by atoms with Gasteiger partial charge in [0, 0.05) is 24.4 Å². The summed E-state index contributed by atoms with van der Waals surface area (Å²) in [5.41, 5.74) is 9.14. The molecule has 0 radical (unpaired) electrons. The first kappa shape index (κ1) is 11.9. The van der Waals surface area contributed by atoms with Gasteiger partial charge in [-0.2, -0.15) is 0 Å². The smallest absolute Gasteiger partial charge is 0.129 e. The summed E-state index contributed by atoms with van der Waals surface area (Å²) in [6, 6.07) is 13.8. The van der Waals surface area contributed by atoms with Crippen LogP contribution >= 0.6 is 0 Å². The number of nitrogens with two attached hydrogens (primary N) is 1. The van der Waals surface area contributed by atoms with E-state index < -0.39 is 5.60 Å². The third-order valence-corrected chi connectivity index (χ3v) is 4.48. The van der Waals surface area contributed by atoms with Gasteiger partial charge >= 0.3 is 0 Å². The zero-order valence-electron chi connectivity index (χ0n) is 11.2. The van der Waals surface area contributed by atoms with Crippen LogP contribution in [-0.4, -0.2) is 11.7 Å². The van der Waals surface area contributed by atoms with Gasteiger partial charge in [0.15, 0.2) is 0 Å². The molecule has 0 fully saturated rings. The molecule has 2 unspecified atom stereocenters. The molecule has 102 valence electrons. The Labute approximate surface area is 118 Å². The number of rotatable bonds is 1. The van der Waals surface area contributed by atoms with E-state index in [-0.39, 0.29) is 6.04 Å². The number of benzene rings is 2. The number of ether oxygens (including phenoxy) is 1. The lowest BCUT2D eigenvalue weighted by atomic mass is 9.86. The molecule has 3 heteroatoms. The van der Waals surface area contributed by atoms with Crippen molar-refractivity contribution < 1.29 is 9.84 Å². The molecule has 1 aliphatic heterocycles. The minimum atomic E-state index is -1.04. The van der Waals surface area contributed by atoms with E-state index in [1.54, 1.807) is 0 Å². The van der Waals surface area contributed by atoms with Crippen LogP contribution in [0.25, 0.3) is 0 Å². The molecule has 2 atom stereocenters. The SMILES string of the molecule is NC1CC(O)(c2cccc3c2OCC3)c2ccccc21. The highest BCUT2D eigenvalue weighted by Crippen LogP contribution is 2.50. The van der Waals surface area contributed by atoms with Gasteiger partial charge in [0.2, 0.25) is 0 Å². The molecule has 2 aromatic carbocycles. The zero-order valence-corrected chi connectivity index (χ0v) is 11.2. The molecule has 0 bridgehead atoms. The van der Waals surface area contributed by atoms with Crippen LogP contribution in [-0.2, 0) is 12.0 Å². The standard InChI is InChI=1S/C17H17NO2/c18-15-10-17(19,13-6-2-1-5-12(13)15)14-7-3-4-11-8-9-20-16(11)14/h1-7,15,19H,8-10,18H2. The predicted octanol–water partition coefficient (Wildman–Crippen LogP) is 2.26. The summed E-state index contributed by atoms with van der Waals surface area (Å²) in [7, 11) is 0. The van der Waals surface area contributed by atoms with Crippen molar-refractivity contribution in [2.24, 2.45) is 5.73 Å². The van der Waals surface area contributed by atoms with E-state index in [9.17, 15) is 5.11 Å². The molecule has 0 spiro atoms. The average molecular weight is 267 g/mol. The number of aliphatic hydroxyl groups is 1. The van der Waals surface area contributed by atoms with Crippen LogP contribution in [0.15, 0.2) is 42.5 Å². The Kier molecular flexibility index (Phi) is 2.43. The fraction of sp³-hybridized carbons (Fsp3) is 0.294. The van der Waals surface area contributed by atoms with Crippen molar-refractivity contribution >= 4 is 0 Å². The van der Waals surface area contributed by atoms with E-state index in [1.807, 2.05) is 36.4 Å². The molecular formula is C17H17NO2. The molecule has 0 saturated carbocycles. The van der Waals surface area contributed by atoms with Crippen LogP contribution in [0.3, 0.4) is 0 Å². The molecular weight excluding hydrogens is 250 g/mol. The Morgan fingerprint density at radius 2 is 1.90 bits per heavy atom. The normalized spacial score (nSPS) is 27.0. The first-order chi connectivity index (χ1) is 9.70. The highest BCUT2D eigenvalue weighted by atomic mass is 16.5. The molecule has 0 saturated heterocycles. The lowest BCUT2D eigenvalue weighted by Crippen LogP contribution is -2.25. The maximum absolute atomic E-state index is 11.3. The molecule has 2 aromatic rings. The lowest BCUT2D eigenvalue weighted by Gasteiger charge is -2.26. The molecule has 20 heavy (non-hydrogen) atoms. The van der Waals surface area contributed by atoms with E-state index in [0.29, 0.717) is 13.0 Å². The summed E-state index contributed by atoms with van der Waals surface area (Å²) in [4.78, 5) is 0. The lowest BCUT2D eigenvalue weighted by molar-refractivity contribution is 0.0746. The van der Waals surface area contributed by atoms with Crippen LogP contribution < -0.4 is 10.5 Å². The maximum Gasteiger partial charge on any atom is 0.129 e. The second-order valence-corrected chi connectivity index (χ2v) is 5.65. The van der Waals surface area contributed by atoms with Gasteiger partial charge in [0.25, 0.3) is 0 Å². The number of hydrogen-bond acceptors (Lipinski definition) is 3. The fourth-order valence-corrected chi connectivity index (χ4v) is 3.53. The summed E-state index contributed by atoms with van der Waals surface area (Å²) in [6.07, 6.45) is 1.42. The van der Waals surface area contributed by atoms with Crippen LogP contribution in [0, 0.1) is 0 Å². The van der Waals surface area contributed by atoms with Crippen molar-refractivity contribution in [1.82, 2.24) is 0 Å². The predicted molar refractivity (Wildman–Crippen MR) is 76.6 cm³/mol. The third kappa shape index (κ3) is 1.48. The average Bonchev–Trinajstić information content (AvgIpc) is 3.03. The summed E-state index contributed by atoms with van der Waals surface area (Å²) in [5, 5.41) is 11.3. The Balaban J connectivity index is 1.93. The highest BCUT2D eigenvalue weighted by Gasteiger charge is 2.44. The molecule has 0 aromatic heterocycles. The van der Waals surface area contributed by atoms with Crippen molar-refractivity contribution in [3.8, 4) is 5.75 Å². The van der Waals surface area contributed by atoms with Gasteiger partial charge in [-0.05, 0) is 16.7 Å². The molecule has 2 aliphatic rings. The maximum atomic E-state index is 11.3. The Morgan fingerprint density at radius 3 is 2.80 bits per heavy atom. The van der Waals surface area contributed by atoms with E-state index >= 15 is 0 Å². The summed E-state index contributed by atoms with van der Waals surface area (Å²) in [5.74, 6) is 0.846. The summed E-state index contributed by atoms with van der Waals surface area (Å²) in [6.45, 7) is 0.691. The Bertz CT molecular complexity index is 682. The van der Waals surface area contributed by atoms with Gasteiger partial charge in [0.1, 0.15) is 11.4 Å². The van der Waals surface area contributed by atoms with Crippen molar-refractivity contribution in [3.05, 3.63) is 64.7 Å². The second-order valence-electron chi connectivity index (χ2n) is 5.65. The summed E-state index contributed by atoms with van der Waals surface area (Å²) < 4.78 is 5.76. The van der Waals surface area contributed by atoms with Crippen LogP contribution in [0.5, 0.6) is 5.75 Å². The Hall–Kier alpha value is -1.84.